The minimum absolute atomic E-state index is 0.108. The summed E-state index contributed by atoms with van der Waals surface area (Å²) >= 11 is 0. The maximum atomic E-state index is 13.1. The summed E-state index contributed by atoms with van der Waals surface area (Å²) in [6.45, 7) is 4.43. The Kier molecular flexibility index (Phi) is 5.50. The molecule has 1 saturated heterocycles. The van der Waals surface area contributed by atoms with Crippen molar-refractivity contribution in [2.45, 2.75) is 6.54 Å². The summed E-state index contributed by atoms with van der Waals surface area (Å²) in [5.41, 5.74) is 2.80. The third-order valence-electron chi connectivity index (χ3n) is 4.93. The fraction of sp³-hybridized carbons (Fsp3) is 0.273. The van der Waals surface area contributed by atoms with Gasteiger partial charge in [-0.2, -0.15) is 5.10 Å². The Labute approximate surface area is 163 Å². The van der Waals surface area contributed by atoms with E-state index in [9.17, 15) is 9.90 Å². The van der Waals surface area contributed by atoms with Crippen molar-refractivity contribution in [2.24, 2.45) is 0 Å². The predicted molar refractivity (Wildman–Crippen MR) is 108 cm³/mol. The molecule has 3 aromatic rings. The van der Waals surface area contributed by atoms with Crippen molar-refractivity contribution in [1.29, 1.82) is 0 Å². The molecule has 1 aliphatic heterocycles. The van der Waals surface area contributed by atoms with E-state index in [1.54, 1.807) is 24.3 Å². The SMILES string of the molecule is O=c1c(-c2ccccc2)cc(-c2cccc(O)c2)nn1CCN1CCOCC1. The summed E-state index contributed by atoms with van der Waals surface area (Å²) in [6, 6.07) is 18.4. The molecule has 0 atom stereocenters. The molecular formula is C22H23N3O3. The number of hydrogen-bond donors (Lipinski definition) is 1. The van der Waals surface area contributed by atoms with Crippen molar-refractivity contribution < 1.29 is 9.84 Å². The number of benzene rings is 2. The van der Waals surface area contributed by atoms with Crippen LogP contribution in [0.4, 0.5) is 0 Å². The Hall–Kier alpha value is -2.96. The van der Waals surface area contributed by atoms with E-state index in [2.05, 4.69) is 10.00 Å². The van der Waals surface area contributed by atoms with Crippen molar-refractivity contribution >= 4 is 0 Å². The molecule has 0 saturated carbocycles. The Bertz CT molecular complexity index is 995. The number of rotatable bonds is 5. The molecule has 28 heavy (non-hydrogen) atoms. The first-order chi connectivity index (χ1) is 13.7. The Morgan fingerprint density at radius 2 is 1.68 bits per heavy atom. The number of phenolic OH excluding ortho intramolecular Hbond substituents is 1. The number of phenols is 1. The first kappa shape index (κ1) is 18.4. The molecule has 0 aliphatic carbocycles. The molecule has 1 aliphatic rings. The smallest absolute Gasteiger partial charge is 0.274 e. The van der Waals surface area contributed by atoms with Gasteiger partial charge in [-0.1, -0.05) is 42.5 Å². The van der Waals surface area contributed by atoms with Gasteiger partial charge in [0.2, 0.25) is 0 Å². The fourth-order valence-electron chi connectivity index (χ4n) is 3.39. The minimum atomic E-state index is -0.108. The Balaban J connectivity index is 1.73. The molecule has 4 rings (SSSR count). The second kappa shape index (κ2) is 8.37. The van der Waals surface area contributed by atoms with Crippen molar-refractivity contribution in [3.8, 4) is 28.1 Å². The molecule has 2 aromatic carbocycles. The number of hydrogen-bond acceptors (Lipinski definition) is 5. The average Bonchev–Trinajstić information content (AvgIpc) is 2.74. The molecule has 1 aromatic heterocycles. The lowest BCUT2D eigenvalue weighted by atomic mass is 10.0. The van der Waals surface area contributed by atoms with Crippen LogP contribution in [0.25, 0.3) is 22.4 Å². The van der Waals surface area contributed by atoms with Crippen LogP contribution in [0.15, 0.2) is 65.5 Å². The summed E-state index contributed by atoms with van der Waals surface area (Å²) in [4.78, 5) is 15.4. The van der Waals surface area contributed by atoms with E-state index in [1.165, 1.54) is 4.68 Å². The van der Waals surface area contributed by atoms with Crippen molar-refractivity contribution in [2.75, 3.05) is 32.8 Å². The third-order valence-corrected chi connectivity index (χ3v) is 4.93. The lowest BCUT2D eigenvalue weighted by molar-refractivity contribution is 0.0358. The fourth-order valence-corrected chi connectivity index (χ4v) is 3.39. The number of aromatic hydroxyl groups is 1. The Morgan fingerprint density at radius 1 is 0.929 bits per heavy atom. The zero-order valence-electron chi connectivity index (χ0n) is 15.6. The van der Waals surface area contributed by atoms with Crippen LogP contribution in [0.1, 0.15) is 0 Å². The summed E-state index contributed by atoms with van der Waals surface area (Å²) in [6.07, 6.45) is 0. The highest BCUT2D eigenvalue weighted by Gasteiger charge is 2.15. The number of ether oxygens (including phenoxy) is 1. The summed E-state index contributed by atoms with van der Waals surface area (Å²) in [5.74, 6) is 0.173. The highest BCUT2D eigenvalue weighted by molar-refractivity contribution is 5.70. The molecule has 1 fully saturated rings. The van der Waals surface area contributed by atoms with E-state index < -0.39 is 0 Å². The van der Waals surface area contributed by atoms with Gasteiger partial charge in [-0.15, -0.1) is 0 Å². The minimum Gasteiger partial charge on any atom is -0.508 e. The monoisotopic (exact) mass is 377 g/mol. The maximum absolute atomic E-state index is 13.1. The van der Waals surface area contributed by atoms with E-state index in [1.807, 2.05) is 36.4 Å². The molecular weight excluding hydrogens is 354 g/mol. The zero-order valence-corrected chi connectivity index (χ0v) is 15.6. The molecule has 0 spiro atoms. The second-order valence-corrected chi connectivity index (χ2v) is 6.84. The van der Waals surface area contributed by atoms with Crippen LogP contribution in [0.2, 0.25) is 0 Å². The van der Waals surface area contributed by atoms with Gasteiger partial charge in [0.05, 0.1) is 31.0 Å². The average molecular weight is 377 g/mol. The summed E-state index contributed by atoms with van der Waals surface area (Å²) < 4.78 is 6.93. The van der Waals surface area contributed by atoms with E-state index >= 15 is 0 Å². The van der Waals surface area contributed by atoms with Crippen molar-refractivity contribution in [1.82, 2.24) is 14.7 Å². The van der Waals surface area contributed by atoms with E-state index in [0.29, 0.717) is 17.8 Å². The zero-order chi connectivity index (χ0) is 19.3. The molecule has 1 N–H and O–H groups in total. The highest BCUT2D eigenvalue weighted by atomic mass is 16.5. The molecule has 6 heteroatoms. The lowest BCUT2D eigenvalue weighted by Gasteiger charge is -2.26. The third kappa shape index (κ3) is 4.13. The molecule has 0 bridgehead atoms. The van der Waals surface area contributed by atoms with Crippen molar-refractivity contribution in [3.05, 3.63) is 71.0 Å². The molecule has 144 valence electrons. The van der Waals surface area contributed by atoms with Crippen LogP contribution in [-0.2, 0) is 11.3 Å². The van der Waals surface area contributed by atoms with Gasteiger partial charge in [0, 0.05) is 25.2 Å². The van der Waals surface area contributed by atoms with Gasteiger partial charge in [-0.25, -0.2) is 4.68 Å². The van der Waals surface area contributed by atoms with Gasteiger partial charge in [0.25, 0.3) is 5.56 Å². The Morgan fingerprint density at radius 3 is 2.43 bits per heavy atom. The lowest BCUT2D eigenvalue weighted by Crippen LogP contribution is -2.39. The number of morpholine rings is 1. The van der Waals surface area contributed by atoms with Crippen LogP contribution in [-0.4, -0.2) is 52.6 Å². The standard InChI is InChI=1S/C22H23N3O3/c26-19-8-4-7-18(15-19)21-16-20(17-5-2-1-3-6-17)22(27)25(23-21)10-9-24-11-13-28-14-12-24/h1-8,15-16,26H,9-14H2. The normalized spacial score (nSPS) is 14.9. The predicted octanol–water partition coefficient (Wildman–Crippen LogP) is 2.62. The van der Waals surface area contributed by atoms with E-state index in [4.69, 9.17) is 4.74 Å². The molecule has 6 nitrogen and oxygen atoms in total. The van der Waals surface area contributed by atoms with Gasteiger partial charge >= 0.3 is 0 Å². The van der Waals surface area contributed by atoms with Gasteiger partial charge in [-0.05, 0) is 23.8 Å². The first-order valence-corrected chi connectivity index (χ1v) is 9.48. The maximum Gasteiger partial charge on any atom is 0.274 e. The largest absolute Gasteiger partial charge is 0.508 e. The second-order valence-electron chi connectivity index (χ2n) is 6.84. The van der Waals surface area contributed by atoms with E-state index in [-0.39, 0.29) is 11.3 Å². The van der Waals surface area contributed by atoms with Gasteiger partial charge in [0.15, 0.2) is 0 Å². The number of nitrogens with zero attached hydrogens (tertiary/aromatic N) is 3. The quantitative estimate of drug-likeness (QED) is 0.740. The summed E-state index contributed by atoms with van der Waals surface area (Å²) in [7, 11) is 0. The molecule has 2 heterocycles. The summed E-state index contributed by atoms with van der Waals surface area (Å²) in [5, 5.41) is 14.4. The highest BCUT2D eigenvalue weighted by Crippen LogP contribution is 2.24. The van der Waals surface area contributed by atoms with Gasteiger partial charge < -0.3 is 9.84 Å². The van der Waals surface area contributed by atoms with Crippen LogP contribution in [0.5, 0.6) is 5.75 Å². The van der Waals surface area contributed by atoms with Gasteiger partial charge in [0.1, 0.15) is 5.75 Å². The topological polar surface area (TPSA) is 67.6 Å². The molecule has 0 unspecified atom stereocenters. The molecule has 0 amide bonds. The number of aromatic nitrogens is 2. The van der Waals surface area contributed by atoms with Gasteiger partial charge in [-0.3, -0.25) is 9.69 Å². The van der Waals surface area contributed by atoms with Crippen LogP contribution >= 0.6 is 0 Å². The molecule has 0 radical (unpaired) electrons. The van der Waals surface area contributed by atoms with Crippen LogP contribution in [0, 0.1) is 0 Å². The first-order valence-electron chi connectivity index (χ1n) is 9.48. The van der Waals surface area contributed by atoms with Crippen LogP contribution in [0.3, 0.4) is 0 Å². The van der Waals surface area contributed by atoms with Crippen molar-refractivity contribution in [3.63, 3.8) is 0 Å². The van der Waals surface area contributed by atoms with Crippen LogP contribution < -0.4 is 5.56 Å². The van der Waals surface area contributed by atoms with E-state index in [0.717, 1.165) is 44.0 Å².